The van der Waals surface area contributed by atoms with E-state index in [-0.39, 0.29) is 17.8 Å². The largest absolute Gasteiger partial charge is 0.384 e. The Morgan fingerprint density at radius 3 is 2.56 bits per heavy atom. The number of nitrogens with zero attached hydrogens (tertiary/aromatic N) is 1. The van der Waals surface area contributed by atoms with E-state index in [2.05, 4.69) is 11.4 Å². The minimum absolute atomic E-state index is 0.0695. The Balaban J connectivity index is 2.63. The number of ether oxygens (including phenoxy) is 1. The summed E-state index contributed by atoms with van der Waals surface area (Å²) in [7, 11) is 1.60. The molecule has 0 heterocycles. The molecule has 0 fully saturated rings. The predicted octanol–water partition coefficient (Wildman–Crippen LogP) is 2.41. The van der Waals surface area contributed by atoms with E-state index in [4.69, 9.17) is 10.00 Å². The van der Waals surface area contributed by atoms with E-state index in [1.54, 1.807) is 19.2 Å². The van der Waals surface area contributed by atoms with Gasteiger partial charge in [-0.15, -0.1) is 0 Å². The van der Waals surface area contributed by atoms with Crippen LogP contribution in [0.5, 0.6) is 0 Å². The second kappa shape index (κ2) is 6.09. The molecule has 16 heavy (non-hydrogen) atoms. The van der Waals surface area contributed by atoms with Crippen LogP contribution in [0.2, 0.25) is 0 Å². The number of hydrogen-bond acceptors (Lipinski definition) is 3. The van der Waals surface area contributed by atoms with Gasteiger partial charge in [0.1, 0.15) is 11.9 Å². The van der Waals surface area contributed by atoms with Crippen LogP contribution in [-0.2, 0) is 4.74 Å². The third-order valence-corrected chi connectivity index (χ3v) is 2.30. The highest BCUT2D eigenvalue weighted by atomic mass is 19.1. The molecule has 0 spiro atoms. The van der Waals surface area contributed by atoms with Crippen molar-refractivity contribution in [3.63, 3.8) is 0 Å². The Hall–Kier alpha value is -1.60. The van der Waals surface area contributed by atoms with Gasteiger partial charge in [-0.3, -0.25) is 0 Å². The third-order valence-electron chi connectivity index (χ3n) is 2.30. The predicted molar refractivity (Wildman–Crippen MR) is 60.5 cm³/mol. The standard InChI is InChI=1S/C12H15FN2O/c1-9(8-16-2)12(7-14)15-11-5-3-10(13)4-6-11/h3-6,9,12,15H,8H2,1-2H3. The molecule has 1 rings (SSSR count). The summed E-state index contributed by atoms with van der Waals surface area (Å²) < 4.78 is 17.7. The zero-order valence-corrected chi connectivity index (χ0v) is 9.40. The van der Waals surface area contributed by atoms with Crippen molar-refractivity contribution >= 4 is 5.69 Å². The number of hydrogen-bond donors (Lipinski definition) is 1. The van der Waals surface area contributed by atoms with Gasteiger partial charge in [-0.25, -0.2) is 4.39 Å². The van der Waals surface area contributed by atoms with Gasteiger partial charge in [-0.1, -0.05) is 6.92 Å². The van der Waals surface area contributed by atoms with Crippen molar-refractivity contribution in [2.45, 2.75) is 13.0 Å². The van der Waals surface area contributed by atoms with Crippen molar-refractivity contribution in [3.8, 4) is 6.07 Å². The number of halogens is 1. The molecule has 0 radical (unpaired) electrons. The number of benzene rings is 1. The first-order valence-electron chi connectivity index (χ1n) is 5.08. The van der Waals surface area contributed by atoms with E-state index < -0.39 is 0 Å². The monoisotopic (exact) mass is 222 g/mol. The van der Waals surface area contributed by atoms with Gasteiger partial charge in [0.25, 0.3) is 0 Å². The number of methoxy groups -OCH3 is 1. The number of nitrogens with one attached hydrogen (secondary N) is 1. The lowest BCUT2D eigenvalue weighted by molar-refractivity contribution is 0.157. The smallest absolute Gasteiger partial charge is 0.123 e. The van der Waals surface area contributed by atoms with Crippen LogP contribution < -0.4 is 5.32 Å². The Labute approximate surface area is 94.8 Å². The zero-order valence-electron chi connectivity index (χ0n) is 9.40. The molecule has 3 nitrogen and oxygen atoms in total. The van der Waals surface area contributed by atoms with Crippen molar-refractivity contribution in [1.82, 2.24) is 0 Å². The number of rotatable bonds is 5. The van der Waals surface area contributed by atoms with Gasteiger partial charge in [0.15, 0.2) is 0 Å². The molecular weight excluding hydrogens is 207 g/mol. The molecule has 0 bridgehead atoms. The molecule has 0 amide bonds. The molecule has 4 heteroatoms. The Bertz CT molecular complexity index is 358. The summed E-state index contributed by atoms with van der Waals surface area (Å²) in [4.78, 5) is 0. The van der Waals surface area contributed by atoms with E-state index in [9.17, 15) is 4.39 Å². The van der Waals surface area contributed by atoms with E-state index in [0.29, 0.717) is 6.61 Å². The molecular formula is C12H15FN2O. The van der Waals surface area contributed by atoms with Gasteiger partial charge in [0.05, 0.1) is 12.7 Å². The molecule has 86 valence electrons. The fourth-order valence-corrected chi connectivity index (χ4v) is 1.39. The van der Waals surface area contributed by atoms with Crippen molar-refractivity contribution in [2.24, 2.45) is 5.92 Å². The summed E-state index contributed by atoms with van der Waals surface area (Å²) in [5.41, 5.74) is 0.732. The van der Waals surface area contributed by atoms with Crippen LogP contribution >= 0.6 is 0 Å². The fourth-order valence-electron chi connectivity index (χ4n) is 1.39. The lowest BCUT2D eigenvalue weighted by Gasteiger charge is -2.19. The Morgan fingerprint density at radius 2 is 2.06 bits per heavy atom. The molecule has 2 atom stereocenters. The maximum atomic E-state index is 12.7. The number of anilines is 1. The average Bonchev–Trinajstić information content (AvgIpc) is 2.28. The van der Waals surface area contributed by atoms with Gasteiger partial charge in [0, 0.05) is 18.7 Å². The van der Waals surface area contributed by atoms with Gasteiger partial charge in [0.2, 0.25) is 0 Å². The summed E-state index contributed by atoms with van der Waals surface area (Å²) in [6, 6.07) is 7.76. The van der Waals surface area contributed by atoms with Crippen LogP contribution in [0.4, 0.5) is 10.1 Å². The molecule has 0 aromatic heterocycles. The fraction of sp³-hybridized carbons (Fsp3) is 0.417. The maximum absolute atomic E-state index is 12.7. The van der Waals surface area contributed by atoms with Crippen LogP contribution in [-0.4, -0.2) is 19.8 Å². The maximum Gasteiger partial charge on any atom is 0.123 e. The van der Waals surface area contributed by atoms with Crippen LogP contribution in [0.1, 0.15) is 6.92 Å². The first-order chi connectivity index (χ1) is 7.67. The molecule has 1 N–H and O–H groups in total. The normalized spacial score (nSPS) is 13.9. The molecule has 1 aromatic carbocycles. The molecule has 0 aliphatic heterocycles. The SMILES string of the molecule is COCC(C)C(C#N)Nc1ccc(F)cc1. The van der Waals surface area contributed by atoms with Crippen molar-refractivity contribution in [3.05, 3.63) is 30.1 Å². The van der Waals surface area contributed by atoms with E-state index in [0.717, 1.165) is 5.69 Å². The Morgan fingerprint density at radius 1 is 1.44 bits per heavy atom. The van der Waals surface area contributed by atoms with Crippen LogP contribution in [0, 0.1) is 23.1 Å². The first kappa shape index (κ1) is 12.5. The molecule has 0 saturated carbocycles. The summed E-state index contributed by atoms with van der Waals surface area (Å²) in [5, 5.41) is 12.0. The second-order valence-corrected chi connectivity index (χ2v) is 3.69. The van der Waals surface area contributed by atoms with Crippen LogP contribution in [0.3, 0.4) is 0 Å². The van der Waals surface area contributed by atoms with E-state index >= 15 is 0 Å². The molecule has 0 saturated heterocycles. The van der Waals surface area contributed by atoms with Crippen molar-refractivity contribution in [2.75, 3.05) is 19.0 Å². The quantitative estimate of drug-likeness (QED) is 0.832. The first-order valence-corrected chi connectivity index (χ1v) is 5.08. The number of nitriles is 1. The van der Waals surface area contributed by atoms with Crippen LogP contribution in [0.25, 0.3) is 0 Å². The minimum Gasteiger partial charge on any atom is -0.384 e. The highest BCUT2D eigenvalue weighted by Crippen LogP contribution is 2.13. The minimum atomic E-state index is -0.342. The summed E-state index contributed by atoms with van der Waals surface area (Å²) in [5.74, 6) is -0.218. The van der Waals surface area contributed by atoms with Gasteiger partial charge >= 0.3 is 0 Å². The van der Waals surface area contributed by atoms with Crippen molar-refractivity contribution < 1.29 is 9.13 Å². The van der Waals surface area contributed by atoms with E-state index in [1.165, 1.54) is 12.1 Å². The Kier molecular flexibility index (Phi) is 4.74. The summed E-state index contributed by atoms with van der Waals surface area (Å²) in [6.07, 6.45) is 0. The van der Waals surface area contributed by atoms with Crippen molar-refractivity contribution in [1.29, 1.82) is 5.26 Å². The summed E-state index contributed by atoms with van der Waals surface area (Å²) in [6.45, 7) is 2.43. The van der Waals surface area contributed by atoms with Gasteiger partial charge in [-0.05, 0) is 24.3 Å². The molecule has 0 aliphatic rings. The highest BCUT2D eigenvalue weighted by molar-refractivity contribution is 5.45. The third kappa shape index (κ3) is 3.52. The average molecular weight is 222 g/mol. The van der Waals surface area contributed by atoms with Crippen LogP contribution in [0.15, 0.2) is 24.3 Å². The molecule has 2 unspecified atom stereocenters. The molecule has 0 aliphatic carbocycles. The lowest BCUT2D eigenvalue weighted by Crippen LogP contribution is -2.28. The zero-order chi connectivity index (χ0) is 12.0. The lowest BCUT2D eigenvalue weighted by atomic mass is 10.0. The summed E-state index contributed by atoms with van der Waals surface area (Å²) >= 11 is 0. The van der Waals surface area contributed by atoms with Gasteiger partial charge in [-0.2, -0.15) is 5.26 Å². The highest BCUT2D eigenvalue weighted by Gasteiger charge is 2.16. The molecule has 1 aromatic rings. The van der Waals surface area contributed by atoms with Gasteiger partial charge < -0.3 is 10.1 Å². The second-order valence-electron chi connectivity index (χ2n) is 3.69. The topological polar surface area (TPSA) is 45.0 Å². The van der Waals surface area contributed by atoms with E-state index in [1.807, 2.05) is 6.92 Å².